The van der Waals surface area contributed by atoms with Crippen molar-refractivity contribution in [3.8, 4) is 22.6 Å². The number of halogens is 1. The maximum Gasteiger partial charge on any atom is 0.335 e. The lowest BCUT2D eigenvalue weighted by Gasteiger charge is -2.47. The number of para-hydroxylation sites is 1. The zero-order valence-corrected chi connectivity index (χ0v) is 25.9. The van der Waals surface area contributed by atoms with Crippen LogP contribution in [0.5, 0.6) is 11.5 Å². The van der Waals surface area contributed by atoms with Crippen LogP contribution in [0, 0.1) is 5.82 Å². The fraction of sp³-hybridized carbons (Fsp3) is 0.257. The fourth-order valence-electron chi connectivity index (χ4n) is 5.79. The molecule has 4 aromatic rings. The molecule has 2 fully saturated rings. The Kier molecular flexibility index (Phi) is 9.69. The number of carbonyl (C=O) groups excluding carboxylic acids is 1. The number of aliphatic carboxylic acids is 1. The maximum absolute atomic E-state index is 13.4. The average molecular weight is 678 g/mol. The van der Waals surface area contributed by atoms with Gasteiger partial charge in [-0.3, -0.25) is 4.79 Å². The number of rotatable bonds is 10. The second-order valence-corrected chi connectivity index (χ2v) is 12.6. The Morgan fingerprint density at radius 1 is 0.896 bits per heavy atom. The molecule has 0 aromatic heterocycles. The number of aliphatic hydroxyl groups is 4. The molecular formula is C35H32FNO10S. The fourth-order valence-corrected chi connectivity index (χ4v) is 7.07. The van der Waals surface area contributed by atoms with Crippen molar-refractivity contribution in [2.75, 3.05) is 10.7 Å². The first-order chi connectivity index (χ1) is 23.0. The summed E-state index contributed by atoms with van der Waals surface area (Å²) in [7, 11) is 0. The first kappa shape index (κ1) is 33.4. The van der Waals surface area contributed by atoms with Crippen LogP contribution in [0.1, 0.15) is 23.3 Å². The highest BCUT2D eigenvalue weighted by Gasteiger charge is 2.50. The highest BCUT2D eigenvalue weighted by molar-refractivity contribution is 8.00. The number of thioether (sulfide) groups is 1. The van der Waals surface area contributed by atoms with E-state index < -0.39 is 59.9 Å². The van der Waals surface area contributed by atoms with Gasteiger partial charge in [0.1, 0.15) is 40.9 Å². The van der Waals surface area contributed by atoms with E-state index in [0.29, 0.717) is 27.9 Å². The second-order valence-electron chi connectivity index (χ2n) is 11.5. The molecule has 11 nitrogen and oxygen atoms in total. The van der Waals surface area contributed by atoms with E-state index in [9.17, 15) is 44.6 Å². The van der Waals surface area contributed by atoms with Gasteiger partial charge in [0.05, 0.1) is 12.1 Å². The third kappa shape index (κ3) is 6.61. The number of anilines is 1. The lowest BCUT2D eigenvalue weighted by Crippen LogP contribution is -2.61. The third-order valence-electron chi connectivity index (χ3n) is 8.35. The van der Waals surface area contributed by atoms with Gasteiger partial charge in [-0.05, 0) is 59.2 Å². The normalized spacial score (nSPS) is 26.1. The van der Waals surface area contributed by atoms with E-state index >= 15 is 0 Å². The average Bonchev–Trinajstić information content (AvgIpc) is 3.08. The molecular weight excluding hydrogens is 645 g/mol. The summed E-state index contributed by atoms with van der Waals surface area (Å²) < 4.78 is 24.3. The smallest absolute Gasteiger partial charge is 0.335 e. The number of amides is 1. The molecule has 4 aromatic carbocycles. The number of β-lactam (4-membered cyclic amide) rings is 1. The Morgan fingerprint density at radius 2 is 1.60 bits per heavy atom. The highest BCUT2D eigenvalue weighted by Crippen LogP contribution is 2.48. The second kappa shape index (κ2) is 13.9. The van der Waals surface area contributed by atoms with Crippen molar-refractivity contribution in [1.29, 1.82) is 0 Å². The minimum Gasteiger partial charge on any atom is -0.508 e. The summed E-state index contributed by atoms with van der Waals surface area (Å²) in [5.41, 5.74) is 2.79. The Hall–Kier alpha value is -4.50. The van der Waals surface area contributed by atoms with Gasteiger partial charge in [-0.2, -0.15) is 0 Å². The number of carbonyl (C=O) groups is 2. The van der Waals surface area contributed by atoms with Gasteiger partial charge in [-0.25, -0.2) is 9.18 Å². The summed E-state index contributed by atoms with van der Waals surface area (Å²) in [5, 5.41) is 61.1. The number of phenolic OH excluding ortho intramolecular Hbond substituents is 1. The van der Waals surface area contributed by atoms with Gasteiger partial charge in [0.15, 0.2) is 6.10 Å². The van der Waals surface area contributed by atoms with Crippen molar-refractivity contribution in [2.45, 2.75) is 48.1 Å². The number of hydrogen-bond donors (Lipinski definition) is 6. The molecule has 8 atom stereocenters. The van der Waals surface area contributed by atoms with Gasteiger partial charge >= 0.3 is 5.97 Å². The van der Waals surface area contributed by atoms with E-state index in [1.54, 1.807) is 59.5 Å². The first-order valence-electron chi connectivity index (χ1n) is 15.0. The molecule has 3 unspecified atom stereocenters. The summed E-state index contributed by atoms with van der Waals surface area (Å²) in [5.74, 6) is -1.91. The number of nitrogens with zero attached hydrogens (tertiary/aromatic N) is 1. The molecule has 2 aliphatic heterocycles. The summed E-state index contributed by atoms with van der Waals surface area (Å²) >= 11 is 1.24. The van der Waals surface area contributed by atoms with Crippen LogP contribution in [0.25, 0.3) is 11.1 Å². The molecule has 250 valence electrons. The molecule has 0 saturated carbocycles. The third-order valence-corrected chi connectivity index (χ3v) is 9.68. The largest absolute Gasteiger partial charge is 0.508 e. The summed E-state index contributed by atoms with van der Waals surface area (Å²) in [4.78, 5) is 26.5. The predicted molar refractivity (Wildman–Crippen MR) is 173 cm³/mol. The van der Waals surface area contributed by atoms with Gasteiger partial charge in [0.2, 0.25) is 12.2 Å². The number of carboxylic acids is 1. The molecule has 13 heteroatoms. The van der Waals surface area contributed by atoms with Gasteiger partial charge in [-0.1, -0.05) is 54.6 Å². The zero-order valence-electron chi connectivity index (χ0n) is 25.1. The number of benzene rings is 4. The van der Waals surface area contributed by atoms with Crippen LogP contribution in [0.2, 0.25) is 0 Å². The van der Waals surface area contributed by atoms with Crippen LogP contribution in [0.4, 0.5) is 10.1 Å². The summed E-state index contributed by atoms with van der Waals surface area (Å²) in [6.07, 6.45) is -9.76. The standard InChI is InChI=1S/C35H32FNO10S/c36-21-12-9-18(10-13-21)26(39)17-48-32-27(37(33(32)43)22-6-2-1-3-7-22)24-14-11-20(16-25(24)38)19-5-4-8-23(15-19)46-35-30(42)28(40)29(41)31(47-35)34(44)45/h1-16,26-32,35,38-42H,17H2,(H,44,45)/t26-,27?,28-,29+,30?,31?,32+,35+/m0/s1. The minimum atomic E-state index is -1.85. The molecule has 2 heterocycles. The number of ether oxygens (including phenoxy) is 2. The van der Waals surface area contributed by atoms with Crippen molar-refractivity contribution < 1.29 is 54.1 Å². The van der Waals surface area contributed by atoms with Gasteiger partial charge in [0, 0.05) is 17.0 Å². The van der Waals surface area contributed by atoms with Crippen LogP contribution in [0.15, 0.2) is 97.1 Å². The van der Waals surface area contributed by atoms with E-state index in [4.69, 9.17) is 9.47 Å². The Labute approximate surface area is 278 Å². The number of carboxylic acid groups (broad SMARTS) is 1. The molecule has 6 N–H and O–H groups in total. The van der Waals surface area contributed by atoms with Crippen molar-refractivity contribution in [3.63, 3.8) is 0 Å². The summed E-state index contributed by atoms with van der Waals surface area (Å²) in [6, 6.07) is 25.4. The highest BCUT2D eigenvalue weighted by atomic mass is 32.2. The van der Waals surface area contributed by atoms with Gasteiger partial charge < -0.3 is 45.0 Å². The van der Waals surface area contributed by atoms with Gasteiger partial charge in [0.25, 0.3) is 0 Å². The molecule has 2 saturated heterocycles. The molecule has 48 heavy (non-hydrogen) atoms. The molecule has 0 radical (unpaired) electrons. The van der Waals surface area contributed by atoms with E-state index in [-0.39, 0.29) is 23.2 Å². The molecule has 2 aliphatic rings. The van der Waals surface area contributed by atoms with Gasteiger partial charge in [-0.15, -0.1) is 11.8 Å². The Bertz CT molecular complexity index is 1780. The molecule has 0 aliphatic carbocycles. The Morgan fingerprint density at radius 3 is 2.29 bits per heavy atom. The van der Waals surface area contributed by atoms with E-state index in [1.165, 1.54) is 48.2 Å². The van der Waals surface area contributed by atoms with Crippen LogP contribution in [-0.2, 0) is 14.3 Å². The summed E-state index contributed by atoms with van der Waals surface area (Å²) in [6.45, 7) is 0. The van der Waals surface area contributed by atoms with Crippen LogP contribution >= 0.6 is 11.8 Å². The molecule has 6 rings (SSSR count). The van der Waals surface area contributed by atoms with Crippen molar-refractivity contribution >= 4 is 29.3 Å². The SMILES string of the molecule is O=C(O)C1O[C@@H](Oc2cccc(-c3ccc(C4[C@@H](SC[C@H](O)c5ccc(F)cc5)C(=O)N4c4ccccc4)c(O)c3)c2)C(O)[C@@H](O)[C@H]1O. The lowest BCUT2D eigenvalue weighted by atomic mass is 9.90. The van der Waals surface area contributed by atoms with Crippen molar-refractivity contribution in [3.05, 3.63) is 114 Å². The predicted octanol–water partition coefficient (Wildman–Crippen LogP) is 3.39. The monoisotopic (exact) mass is 677 g/mol. The number of aliphatic hydroxyl groups excluding tert-OH is 4. The van der Waals surface area contributed by atoms with E-state index in [1.807, 2.05) is 6.07 Å². The van der Waals surface area contributed by atoms with E-state index in [2.05, 4.69) is 0 Å². The Balaban J connectivity index is 1.23. The molecule has 0 bridgehead atoms. The van der Waals surface area contributed by atoms with Crippen molar-refractivity contribution in [2.24, 2.45) is 0 Å². The van der Waals surface area contributed by atoms with Crippen LogP contribution in [0.3, 0.4) is 0 Å². The van der Waals surface area contributed by atoms with Crippen molar-refractivity contribution in [1.82, 2.24) is 0 Å². The maximum atomic E-state index is 13.4. The first-order valence-corrected chi connectivity index (χ1v) is 16.0. The number of hydrogen-bond acceptors (Lipinski definition) is 10. The quantitative estimate of drug-likeness (QED) is 0.136. The topological polar surface area (TPSA) is 177 Å². The number of aromatic hydroxyl groups is 1. The molecule has 1 amide bonds. The molecule has 0 spiro atoms. The van der Waals surface area contributed by atoms with Crippen LogP contribution < -0.4 is 9.64 Å². The van der Waals surface area contributed by atoms with Crippen LogP contribution in [-0.4, -0.2) is 84.2 Å². The minimum absolute atomic E-state index is 0.0885. The van der Waals surface area contributed by atoms with E-state index in [0.717, 1.165) is 0 Å². The zero-order chi connectivity index (χ0) is 34.1. The lowest BCUT2D eigenvalue weighted by molar-refractivity contribution is -0.271. The number of phenols is 1.